The zero-order chi connectivity index (χ0) is 9.68. The average Bonchev–Trinajstić information content (AvgIpc) is 2.16. The fourth-order valence-corrected chi connectivity index (χ4v) is 0.763. The molecule has 5 heteroatoms. The summed E-state index contributed by atoms with van der Waals surface area (Å²) in [4.78, 5) is 8.28. The molecule has 72 valence electrons. The Morgan fingerprint density at radius 2 is 2.15 bits per heavy atom. The molecule has 5 nitrogen and oxygen atoms in total. The van der Waals surface area contributed by atoms with E-state index >= 15 is 0 Å². The minimum absolute atomic E-state index is 0.689. The summed E-state index contributed by atoms with van der Waals surface area (Å²) in [6.07, 6.45) is 3.46. The Kier molecular flexibility index (Phi) is 3.60. The molecule has 0 aliphatic heterocycles. The molecule has 0 fully saturated rings. The Labute approximate surface area is 78.2 Å². The second-order valence-electron chi connectivity index (χ2n) is 2.80. The van der Waals surface area contributed by atoms with Gasteiger partial charge < -0.3 is 5.32 Å². The number of rotatable bonds is 4. The van der Waals surface area contributed by atoms with Gasteiger partial charge in [0.05, 0.1) is 24.8 Å². The van der Waals surface area contributed by atoms with Gasteiger partial charge in [0.15, 0.2) is 0 Å². The van der Waals surface area contributed by atoms with E-state index < -0.39 is 0 Å². The van der Waals surface area contributed by atoms with Gasteiger partial charge in [0.2, 0.25) is 0 Å². The summed E-state index contributed by atoms with van der Waals surface area (Å²) >= 11 is 0. The van der Waals surface area contributed by atoms with Gasteiger partial charge in [-0.2, -0.15) is 0 Å². The summed E-state index contributed by atoms with van der Waals surface area (Å²) in [6, 6.07) is 0. The molecule has 0 aromatic carbocycles. The predicted octanol–water partition coefficient (Wildman–Crippen LogP) is 0.221. The van der Waals surface area contributed by atoms with Gasteiger partial charge in [-0.15, -0.1) is 0 Å². The fraction of sp³-hybridized carbons (Fsp3) is 0.500. The molecule has 1 heterocycles. The zero-order valence-corrected chi connectivity index (χ0v) is 8.20. The molecule has 1 rings (SSSR count). The van der Waals surface area contributed by atoms with Gasteiger partial charge in [-0.05, 0) is 14.0 Å². The zero-order valence-electron chi connectivity index (χ0n) is 8.20. The molecular weight excluding hydrogens is 166 g/mol. The van der Waals surface area contributed by atoms with Crippen LogP contribution in [0.3, 0.4) is 0 Å². The molecule has 2 N–H and O–H groups in total. The van der Waals surface area contributed by atoms with Crippen molar-refractivity contribution in [3.63, 3.8) is 0 Å². The van der Waals surface area contributed by atoms with Gasteiger partial charge >= 0.3 is 0 Å². The molecule has 0 aliphatic rings. The van der Waals surface area contributed by atoms with Crippen LogP contribution >= 0.6 is 0 Å². The third-order valence-electron chi connectivity index (χ3n) is 1.66. The van der Waals surface area contributed by atoms with Crippen LogP contribution in [-0.4, -0.2) is 35.7 Å². The van der Waals surface area contributed by atoms with Crippen LogP contribution in [0.5, 0.6) is 0 Å². The second kappa shape index (κ2) is 4.74. The number of nitrogens with one attached hydrogen (secondary N) is 2. The standard InChI is InChI=1S/C8H15N5/c1-7-4-11-8(5-10-7)12-6-13(3)9-2/h4-5,9H,6H2,1-3H3,(H,11,12). The number of nitrogens with zero attached hydrogens (tertiary/aromatic N) is 3. The lowest BCUT2D eigenvalue weighted by molar-refractivity contribution is 0.279. The summed E-state index contributed by atoms with van der Waals surface area (Å²) in [7, 11) is 3.80. The molecule has 0 atom stereocenters. The fourth-order valence-electron chi connectivity index (χ4n) is 0.763. The molecule has 0 unspecified atom stereocenters. The van der Waals surface area contributed by atoms with Crippen molar-refractivity contribution in [2.75, 3.05) is 26.1 Å². The van der Waals surface area contributed by atoms with E-state index in [9.17, 15) is 0 Å². The van der Waals surface area contributed by atoms with E-state index in [0.29, 0.717) is 6.67 Å². The highest BCUT2D eigenvalue weighted by Gasteiger charge is 1.95. The van der Waals surface area contributed by atoms with Crippen LogP contribution in [0.25, 0.3) is 0 Å². The van der Waals surface area contributed by atoms with Gasteiger partial charge in [-0.25, -0.2) is 9.99 Å². The quantitative estimate of drug-likeness (QED) is 0.514. The van der Waals surface area contributed by atoms with E-state index in [4.69, 9.17) is 0 Å². The predicted molar refractivity (Wildman–Crippen MR) is 52.1 cm³/mol. The van der Waals surface area contributed by atoms with Crippen molar-refractivity contribution in [1.29, 1.82) is 0 Å². The van der Waals surface area contributed by atoms with Crippen molar-refractivity contribution in [1.82, 2.24) is 20.4 Å². The first-order valence-electron chi connectivity index (χ1n) is 4.13. The Morgan fingerprint density at radius 3 is 2.69 bits per heavy atom. The maximum absolute atomic E-state index is 4.16. The first-order valence-corrected chi connectivity index (χ1v) is 4.13. The van der Waals surface area contributed by atoms with Gasteiger partial charge in [0, 0.05) is 7.05 Å². The van der Waals surface area contributed by atoms with Crippen LogP contribution in [-0.2, 0) is 0 Å². The SMILES string of the molecule is CNN(C)CNc1cnc(C)cn1. The minimum atomic E-state index is 0.689. The molecule has 1 aromatic rings. The molecule has 0 bridgehead atoms. The van der Waals surface area contributed by atoms with E-state index in [1.54, 1.807) is 12.4 Å². The summed E-state index contributed by atoms with van der Waals surface area (Å²) < 4.78 is 0. The average molecular weight is 181 g/mol. The van der Waals surface area contributed by atoms with Gasteiger partial charge in [0.1, 0.15) is 5.82 Å². The second-order valence-corrected chi connectivity index (χ2v) is 2.80. The monoisotopic (exact) mass is 181 g/mol. The summed E-state index contributed by atoms with van der Waals surface area (Å²) in [5.41, 5.74) is 3.89. The smallest absolute Gasteiger partial charge is 0.145 e. The first kappa shape index (κ1) is 9.88. The van der Waals surface area contributed by atoms with Crippen LogP contribution in [0.15, 0.2) is 12.4 Å². The van der Waals surface area contributed by atoms with E-state index in [-0.39, 0.29) is 0 Å². The normalized spacial score (nSPS) is 10.5. The maximum atomic E-state index is 4.16. The van der Waals surface area contributed by atoms with Crippen molar-refractivity contribution >= 4 is 5.82 Å². The molecule has 0 radical (unpaired) electrons. The van der Waals surface area contributed by atoms with Crippen LogP contribution in [0, 0.1) is 6.92 Å². The summed E-state index contributed by atoms with van der Waals surface area (Å²) in [5.74, 6) is 0.785. The number of hydrogen-bond acceptors (Lipinski definition) is 5. The summed E-state index contributed by atoms with van der Waals surface area (Å²) in [6.45, 7) is 2.60. The van der Waals surface area contributed by atoms with Gasteiger partial charge in [-0.1, -0.05) is 0 Å². The molecule has 0 aliphatic carbocycles. The first-order chi connectivity index (χ1) is 6.22. The molecule has 13 heavy (non-hydrogen) atoms. The summed E-state index contributed by atoms with van der Waals surface area (Å²) in [5, 5.41) is 5.02. The minimum Gasteiger partial charge on any atom is -0.355 e. The molecule has 0 saturated heterocycles. The lowest BCUT2D eigenvalue weighted by Crippen LogP contribution is -2.35. The number of aryl methyl sites for hydroxylation is 1. The highest BCUT2D eigenvalue weighted by Crippen LogP contribution is 1.98. The Balaban J connectivity index is 2.41. The maximum Gasteiger partial charge on any atom is 0.145 e. The number of anilines is 1. The molecule has 1 aromatic heterocycles. The van der Waals surface area contributed by atoms with Crippen molar-refractivity contribution < 1.29 is 0 Å². The lowest BCUT2D eigenvalue weighted by atomic mass is 10.5. The number of aromatic nitrogens is 2. The van der Waals surface area contributed by atoms with Crippen molar-refractivity contribution in [2.45, 2.75) is 6.92 Å². The Hall–Kier alpha value is -1.20. The molecule has 0 amide bonds. The lowest BCUT2D eigenvalue weighted by Gasteiger charge is -2.15. The molecular formula is C8H15N5. The Bertz CT molecular complexity index is 245. The largest absolute Gasteiger partial charge is 0.355 e. The van der Waals surface area contributed by atoms with Crippen molar-refractivity contribution in [2.24, 2.45) is 0 Å². The molecule has 0 spiro atoms. The highest BCUT2D eigenvalue weighted by atomic mass is 15.5. The van der Waals surface area contributed by atoms with Crippen LogP contribution in [0.1, 0.15) is 5.69 Å². The van der Waals surface area contributed by atoms with E-state index in [1.165, 1.54) is 0 Å². The van der Waals surface area contributed by atoms with E-state index in [2.05, 4.69) is 20.7 Å². The van der Waals surface area contributed by atoms with Crippen molar-refractivity contribution in [3.8, 4) is 0 Å². The topological polar surface area (TPSA) is 53.1 Å². The van der Waals surface area contributed by atoms with E-state index in [0.717, 1.165) is 11.5 Å². The van der Waals surface area contributed by atoms with Gasteiger partial charge in [0.25, 0.3) is 0 Å². The van der Waals surface area contributed by atoms with E-state index in [1.807, 2.05) is 26.0 Å². The number of hydrazine groups is 1. The van der Waals surface area contributed by atoms with Gasteiger partial charge in [-0.3, -0.25) is 10.4 Å². The van der Waals surface area contributed by atoms with Crippen LogP contribution in [0.4, 0.5) is 5.82 Å². The highest BCUT2D eigenvalue weighted by molar-refractivity contribution is 5.30. The third kappa shape index (κ3) is 3.35. The van der Waals surface area contributed by atoms with Crippen molar-refractivity contribution in [3.05, 3.63) is 18.1 Å². The third-order valence-corrected chi connectivity index (χ3v) is 1.66. The van der Waals surface area contributed by atoms with Crippen LogP contribution < -0.4 is 10.7 Å². The number of hydrogen-bond donors (Lipinski definition) is 2. The molecule has 0 saturated carbocycles. The Morgan fingerprint density at radius 1 is 1.38 bits per heavy atom. The van der Waals surface area contributed by atoms with Crippen LogP contribution in [0.2, 0.25) is 0 Å².